The molecule has 2 saturated heterocycles. The van der Waals surface area contributed by atoms with Gasteiger partial charge < -0.3 is 25.8 Å². The van der Waals surface area contributed by atoms with Gasteiger partial charge in [0.15, 0.2) is 0 Å². The third-order valence-electron chi connectivity index (χ3n) is 6.11. The maximum atomic E-state index is 12.9. The van der Waals surface area contributed by atoms with Gasteiger partial charge in [0.1, 0.15) is 5.57 Å². The van der Waals surface area contributed by atoms with E-state index < -0.39 is 35.3 Å². The molecular formula is C21H25F6N7O2. The number of hydrogen-bond donors (Lipinski definition) is 2. The minimum Gasteiger partial charge on any atom is -0.366 e. The Morgan fingerprint density at radius 1 is 1.06 bits per heavy atom. The molecule has 0 spiro atoms. The molecular weight excluding hydrogens is 496 g/mol. The van der Waals surface area contributed by atoms with Crippen LogP contribution in [0.25, 0.3) is 0 Å². The molecule has 9 nitrogen and oxygen atoms in total. The van der Waals surface area contributed by atoms with Crippen LogP contribution in [0.1, 0.15) is 18.4 Å². The zero-order chi connectivity index (χ0) is 26.7. The molecule has 2 aliphatic heterocycles. The number of allylic oxidation sites excluding steroid dienone is 1. The number of nitrogens with two attached hydrogens (primary N) is 1. The van der Waals surface area contributed by atoms with Crippen molar-refractivity contribution < 1.29 is 35.9 Å². The second-order valence-electron chi connectivity index (χ2n) is 8.55. The summed E-state index contributed by atoms with van der Waals surface area (Å²) in [6.07, 6.45) is -6.97. The lowest BCUT2D eigenvalue weighted by atomic mass is 10.00. The second-order valence-corrected chi connectivity index (χ2v) is 8.55. The van der Waals surface area contributed by atoms with E-state index in [1.54, 1.807) is 9.80 Å². The van der Waals surface area contributed by atoms with Crippen molar-refractivity contribution in [3.8, 4) is 0 Å². The van der Waals surface area contributed by atoms with E-state index >= 15 is 0 Å². The lowest BCUT2D eigenvalue weighted by Gasteiger charge is -2.35. The highest BCUT2D eigenvalue weighted by Crippen LogP contribution is 2.29. The molecule has 36 heavy (non-hydrogen) atoms. The Kier molecular flexibility index (Phi) is 8.21. The molecule has 0 aliphatic carbocycles. The number of primary amides is 1. The van der Waals surface area contributed by atoms with Crippen LogP contribution in [0, 0.1) is 11.3 Å². The molecule has 0 bridgehead atoms. The number of anilines is 1. The molecule has 3 N–H and O–H groups in total. The van der Waals surface area contributed by atoms with Gasteiger partial charge in [0, 0.05) is 69.7 Å². The predicted molar refractivity (Wildman–Crippen MR) is 116 cm³/mol. The Labute approximate surface area is 202 Å². The van der Waals surface area contributed by atoms with Crippen molar-refractivity contribution >= 4 is 23.5 Å². The third kappa shape index (κ3) is 6.92. The van der Waals surface area contributed by atoms with Crippen LogP contribution in [-0.2, 0) is 15.8 Å². The Morgan fingerprint density at radius 2 is 1.67 bits per heavy atom. The number of alkyl halides is 6. The van der Waals surface area contributed by atoms with Gasteiger partial charge in [-0.25, -0.2) is 9.97 Å². The minimum absolute atomic E-state index is 0.130. The zero-order valence-electron chi connectivity index (χ0n) is 19.1. The van der Waals surface area contributed by atoms with Crippen LogP contribution in [-0.4, -0.2) is 89.3 Å². The Balaban J connectivity index is 1.44. The van der Waals surface area contributed by atoms with E-state index in [1.807, 2.05) is 4.90 Å². The number of likely N-dealkylation sites (tertiary alicyclic amines) is 1. The largest absolute Gasteiger partial charge is 0.421 e. The second kappa shape index (κ2) is 10.8. The van der Waals surface area contributed by atoms with Gasteiger partial charge in [0.05, 0.1) is 5.56 Å². The summed E-state index contributed by atoms with van der Waals surface area (Å²) in [6.45, 7) is 2.53. The number of piperazine rings is 1. The number of nitrogens with one attached hydrogen (secondary N) is 1. The van der Waals surface area contributed by atoms with Crippen LogP contribution in [0.15, 0.2) is 24.0 Å². The Morgan fingerprint density at radius 3 is 2.19 bits per heavy atom. The first-order valence-electron chi connectivity index (χ1n) is 11.1. The number of halogens is 6. The summed E-state index contributed by atoms with van der Waals surface area (Å²) in [5.74, 6) is -2.13. The number of rotatable bonds is 7. The van der Waals surface area contributed by atoms with Crippen molar-refractivity contribution in [1.82, 2.24) is 19.8 Å². The summed E-state index contributed by atoms with van der Waals surface area (Å²) in [4.78, 5) is 36.4. The number of aromatic nitrogens is 2. The molecule has 0 radical (unpaired) electrons. The number of nitrogens with zero attached hydrogens (tertiary/aromatic N) is 5. The molecule has 198 valence electrons. The summed E-state index contributed by atoms with van der Waals surface area (Å²) in [6, 6.07) is 0. The van der Waals surface area contributed by atoms with E-state index in [-0.39, 0.29) is 30.5 Å². The quantitative estimate of drug-likeness (QED) is 0.321. The van der Waals surface area contributed by atoms with Crippen molar-refractivity contribution in [2.45, 2.75) is 25.2 Å². The fourth-order valence-electron chi connectivity index (χ4n) is 4.05. The molecule has 2 fully saturated rings. The smallest absolute Gasteiger partial charge is 0.366 e. The molecule has 2 amide bonds. The SMILES string of the molecule is N=C(/C=C(\C(N)=O)C(F)(F)F)C1CCN(CCC(=O)N2CCN(c3ncc(C(F)(F)F)cn3)CC2)C1. The van der Waals surface area contributed by atoms with Gasteiger partial charge in [-0.05, 0) is 19.0 Å². The van der Waals surface area contributed by atoms with Crippen LogP contribution in [0.3, 0.4) is 0 Å². The standard InChI is InChI=1S/C21H25F6N7O2/c22-20(23,24)14-10-30-19(31-11-14)34-7-5-33(6-8-34)17(35)2-4-32-3-1-13(12-32)16(28)9-15(18(29)36)21(25,26)27/h9-11,13,28H,1-8,12H2,(H2,29,36)/b15-9+,28-16?. The monoisotopic (exact) mass is 521 g/mol. The molecule has 1 aromatic rings. The van der Waals surface area contributed by atoms with Crippen molar-refractivity contribution in [3.63, 3.8) is 0 Å². The number of carbonyl (C=O) groups excluding carboxylic acids is 2. The highest BCUT2D eigenvalue weighted by Gasteiger charge is 2.38. The molecule has 15 heteroatoms. The van der Waals surface area contributed by atoms with Gasteiger partial charge in [-0.2, -0.15) is 26.3 Å². The Bertz CT molecular complexity index is 1000. The first kappa shape index (κ1) is 27.4. The summed E-state index contributed by atoms with van der Waals surface area (Å²) in [5.41, 5.74) is 1.94. The number of carbonyl (C=O) groups is 2. The fraction of sp³-hybridized carbons (Fsp3) is 0.571. The average Bonchev–Trinajstić information content (AvgIpc) is 3.29. The summed E-state index contributed by atoms with van der Waals surface area (Å²) in [5, 5.41) is 7.93. The van der Waals surface area contributed by atoms with Crippen LogP contribution >= 0.6 is 0 Å². The van der Waals surface area contributed by atoms with E-state index in [0.717, 1.165) is 12.4 Å². The molecule has 0 saturated carbocycles. The van der Waals surface area contributed by atoms with Gasteiger partial charge in [-0.1, -0.05) is 0 Å². The van der Waals surface area contributed by atoms with Gasteiger partial charge in [0.2, 0.25) is 11.9 Å². The molecule has 1 aromatic heterocycles. The van der Waals surface area contributed by atoms with Crippen molar-refractivity contribution in [3.05, 3.63) is 29.6 Å². The zero-order valence-corrected chi connectivity index (χ0v) is 19.1. The molecule has 1 unspecified atom stereocenters. The number of hydrogen-bond acceptors (Lipinski definition) is 7. The van der Waals surface area contributed by atoms with Crippen molar-refractivity contribution in [1.29, 1.82) is 5.41 Å². The van der Waals surface area contributed by atoms with Crippen LogP contribution in [0.2, 0.25) is 0 Å². The topological polar surface area (TPSA) is 120 Å². The maximum Gasteiger partial charge on any atom is 0.421 e. The van der Waals surface area contributed by atoms with Crippen LogP contribution in [0.5, 0.6) is 0 Å². The van der Waals surface area contributed by atoms with E-state index in [0.29, 0.717) is 51.8 Å². The minimum atomic E-state index is -4.94. The number of amides is 2. The third-order valence-corrected chi connectivity index (χ3v) is 6.11. The fourth-order valence-corrected chi connectivity index (χ4v) is 4.05. The molecule has 3 heterocycles. The van der Waals surface area contributed by atoms with Crippen molar-refractivity contribution in [2.24, 2.45) is 11.7 Å². The molecule has 0 aromatic carbocycles. The van der Waals surface area contributed by atoms with Gasteiger partial charge in [-0.15, -0.1) is 0 Å². The highest BCUT2D eigenvalue weighted by molar-refractivity contribution is 6.04. The van der Waals surface area contributed by atoms with Gasteiger partial charge in [-0.3, -0.25) is 9.59 Å². The molecule has 3 rings (SSSR count). The summed E-state index contributed by atoms with van der Waals surface area (Å²) < 4.78 is 76.6. The summed E-state index contributed by atoms with van der Waals surface area (Å²) >= 11 is 0. The first-order chi connectivity index (χ1) is 16.8. The first-order valence-corrected chi connectivity index (χ1v) is 11.1. The highest BCUT2D eigenvalue weighted by atomic mass is 19.4. The lowest BCUT2D eigenvalue weighted by molar-refractivity contribution is -0.138. The van der Waals surface area contributed by atoms with Crippen LogP contribution < -0.4 is 10.6 Å². The van der Waals surface area contributed by atoms with Crippen LogP contribution in [0.4, 0.5) is 32.3 Å². The van der Waals surface area contributed by atoms with Crippen molar-refractivity contribution in [2.75, 3.05) is 50.7 Å². The van der Waals surface area contributed by atoms with Gasteiger partial charge in [0.25, 0.3) is 5.91 Å². The molecule has 2 aliphatic rings. The van der Waals surface area contributed by atoms with Gasteiger partial charge >= 0.3 is 12.4 Å². The summed E-state index contributed by atoms with van der Waals surface area (Å²) in [7, 11) is 0. The average molecular weight is 521 g/mol. The predicted octanol–water partition coefficient (Wildman–Crippen LogP) is 1.85. The Hall–Kier alpha value is -3.23. The lowest BCUT2D eigenvalue weighted by Crippen LogP contribution is -2.49. The van der Waals surface area contributed by atoms with E-state index in [4.69, 9.17) is 11.1 Å². The molecule has 1 atom stereocenters. The van der Waals surface area contributed by atoms with E-state index in [9.17, 15) is 35.9 Å². The van der Waals surface area contributed by atoms with E-state index in [2.05, 4.69) is 9.97 Å². The van der Waals surface area contributed by atoms with E-state index in [1.165, 1.54) is 0 Å². The maximum absolute atomic E-state index is 12.9. The normalized spacial score (nSPS) is 20.1.